The molecule has 0 amide bonds. The van der Waals surface area contributed by atoms with E-state index in [0.29, 0.717) is 12.4 Å². The lowest BCUT2D eigenvalue weighted by molar-refractivity contribution is 1.08. The lowest BCUT2D eigenvalue weighted by Crippen LogP contribution is -2.03. The van der Waals surface area contributed by atoms with Crippen molar-refractivity contribution in [3.05, 3.63) is 164 Å². The first-order chi connectivity index (χ1) is 26.3. The van der Waals surface area contributed by atoms with E-state index in [1.807, 2.05) is 35.7 Å². The molecule has 3 heterocycles. The first-order valence-corrected chi connectivity index (χ1v) is 18.4. The van der Waals surface area contributed by atoms with E-state index in [2.05, 4.69) is 143 Å². The average Bonchev–Trinajstić information content (AvgIpc) is 3.78. The summed E-state index contributed by atoms with van der Waals surface area (Å²) in [5, 5.41) is 9.82. The minimum Gasteiger partial charge on any atom is -0.305 e. The Morgan fingerprint density at radius 3 is 2.23 bits per heavy atom. The van der Waals surface area contributed by atoms with Crippen molar-refractivity contribution in [2.45, 2.75) is 6.54 Å². The molecule has 0 aliphatic heterocycles. The molecule has 6 heteroatoms. The second kappa shape index (κ2) is 12.8. The van der Waals surface area contributed by atoms with Gasteiger partial charge >= 0.3 is 0 Å². The summed E-state index contributed by atoms with van der Waals surface area (Å²) in [5.41, 5.74) is 7.26. The standard InChI is InChI=1S/C47H31N5S/c1-48-25-12-26-49-28-30-21-24-40-37(27-30)42-43-41-34-18-9-8-13-31(34)22-23-38(41)52(45(43)35-19-10-11-20-36(35)46(42)53-40)39-29-50-47(33-16-6-3-7-17-33)51-44(39)32-14-4-2-5-15-32/h2-27,29H,1,28H2/b25-12-,49-26?. The molecule has 0 unspecified atom stereocenters. The molecule has 0 aliphatic carbocycles. The van der Waals surface area contributed by atoms with Crippen molar-refractivity contribution in [2.75, 3.05) is 0 Å². The van der Waals surface area contributed by atoms with Crippen LogP contribution in [0.2, 0.25) is 0 Å². The summed E-state index contributed by atoms with van der Waals surface area (Å²) < 4.78 is 4.96. The molecule has 0 radical (unpaired) electrons. The van der Waals surface area contributed by atoms with Crippen LogP contribution < -0.4 is 0 Å². The fourth-order valence-electron chi connectivity index (χ4n) is 7.77. The van der Waals surface area contributed by atoms with Crippen LogP contribution in [0.5, 0.6) is 0 Å². The van der Waals surface area contributed by atoms with Crippen LogP contribution in [0.25, 0.3) is 91.9 Å². The van der Waals surface area contributed by atoms with Gasteiger partial charge in [0.25, 0.3) is 0 Å². The molecule has 0 fully saturated rings. The van der Waals surface area contributed by atoms with Gasteiger partial charge in [-0.3, -0.25) is 9.98 Å². The van der Waals surface area contributed by atoms with E-state index in [4.69, 9.17) is 9.97 Å². The van der Waals surface area contributed by atoms with Crippen molar-refractivity contribution in [2.24, 2.45) is 9.98 Å². The number of nitrogens with zero attached hydrogens (tertiary/aromatic N) is 5. The van der Waals surface area contributed by atoms with E-state index in [9.17, 15) is 0 Å². The third kappa shape index (κ3) is 5.06. The van der Waals surface area contributed by atoms with Crippen molar-refractivity contribution in [1.82, 2.24) is 14.5 Å². The highest BCUT2D eigenvalue weighted by Gasteiger charge is 2.25. The molecule has 0 bridgehead atoms. The first kappa shape index (κ1) is 31.0. The van der Waals surface area contributed by atoms with E-state index in [1.165, 1.54) is 52.5 Å². The smallest absolute Gasteiger partial charge is 0.159 e. The Morgan fingerprint density at radius 2 is 1.42 bits per heavy atom. The van der Waals surface area contributed by atoms with Gasteiger partial charge in [-0.1, -0.05) is 121 Å². The van der Waals surface area contributed by atoms with E-state index >= 15 is 0 Å². The maximum atomic E-state index is 5.33. The van der Waals surface area contributed by atoms with Gasteiger partial charge in [0, 0.05) is 65.3 Å². The second-order valence-corrected chi connectivity index (χ2v) is 14.1. The molecule has 0 aliphatic rings. The maximum Gasteiger partial charge on any atom is 0.159 e. The number of aromatic nitrogens is 3. The number of allylic oxidation sites excluding steroid dienone is 1. The molecule has 250 valence electrons. The fraction of sp³-hybridized carbons (Fsp3) is 0.0213. The number of hydrogen-bond acceptors (Lipinski definition) is 5. The molecule has 3 aromatic heterocycles. The van der Waals surface area contributed by atoms with Crippen LogP contribution in [0, 0.1) is 0 Å². The van der Waals surface area contributed by atoms with E-state index in [1.54, 1.807) is 18.5 Å². The molecule has 7 aromatic carbocycles. The Balaban J connectivity index is 1.38. The van der Waals surface area contributed by atoms with Crippen molar-refractivity contribution in [3.8, 4) is 28.3 Å². The van der Waals surface area contributed by atoms with Gasteiger partial charge in [0.2, 0.25) is 0 Å². The number of rotatable bonds is 7. The first-order valence-electron chi connectivity index (χ1n) is 17.6. The Kier molecular flexibility index (Phi) is 7.48. The van der Waals surface area contributed by atoms with Crippen LogP contribution >= 0.6 is 11.3 Å². The highest BCUT2D eigenvalue weighted by Crippen LogP contribution is 2.50. The number of hydrogen-bond donors (Lipinski definition) is 0. The maximum absolute atomic E-state index is 5.33. The fourth-order valence-corrected chi connectivity index (χ4v) is 9.00. The molecule has 0 saturated heterocycles. The zero-order valence-electron chi connectivity index (χ0n) is 28.6. The highest BCUT2D eigenvalue weighted by molar-refractivity contribution is 7.27. The Labute approximate surface area is 309 Å². The van der Waals surface area contributed by atoms with Gasteiger partial charge in [-0.2, -0.15) is 0 Å². The lowest BCUT2D eigenvalue weighted by Gasteiger charge is -2.15. The molecule has 0 atom stereocenters. The summed E-state index contributed by atoms with van der Waals surface area (Å²) in [6.07, 6.45) is 7.25. The molecular weight excluding hydrogens is 667 g/mol. The summed E-state index contributed by atoms with van der Waals surface area (Å²) in [5.74, 6) is 0.696. The quantitative estimate of drug-likeness (QED) is 0.156. The number of fused-ring (bicyclic) bond motifs is 12. The van der Waals surface area contributed by atoms with Crippen molar-refractivity contribution < 1.29 is 0 Å². The zero-order valence-corrected chi connectivity index (χ0v) is 29.5. The Morgan fingerprint density at radius 1 is 0.679 bits per heavy atom. The van der Waals surface area contributed by atoms with Crippen molar-refractivity contribution in [3.63, 3.8) is 0 Å². The molecule has 5 nitrogen and oxygen atoms in total. The Bertz CT molecular complexity index is 3100. The van der Waals surface area contributed by atoms with E-state index < -0.39 is 0 Å². The minimum atomic E-state index is 0.571. The highest BCUT2D eigenvalue weighted by atomic mass is 32.1. The van der Waals surface area contributed by atoms with Gasteiger partial charge in [-0.05, 0) is 47.3 Å². The van der Waals surface area contributed by atoms with Gasteiger partial charge in [-0.15, -0.1) is 11.3 Å². The van der Waals surface area contributed by atoms with Crippen LogP contribution in [0.3, 0.4) is 0 Å². The molecule has 53 heavy (non-hydrogen) atoms. The summed E-state index contributed by atoms with van der Waals surface area (Å²) in [7, 11) is 0. The number of thiophene rings is 1. The van der Waals surface area contributed by atoms with Gasteiger partial charge in [0.1, 0.15) is 0 Å². The molecule has 0 spiro atoms. The monoisotopic (exact) mass is 697 g/mol. The van der Waals surface area contributed by atoms with Crippen LogP contribution in [-0.4, -0.2) is 27.5 Å². The largest absolute Gasteiger partial charge is 0.305 e. The van der Waals surface area contributed by atoms with Crippen LogP contribution in [0.1, 0.15) is 5.56 Å². The van der Waals surface area contributed by atoms with E-state index in [0.717, 1.165) is 39.1 Å². The topological polar surface area (TPSA) is 55.4 Å². The van der Waals surface area contributed by atoms with Gasteiger partial charge in [0.15, 0.2) is 5.82 Å². The third-order valence-electron chi connectivity index (χ3n) is 10.0. The summed E-state index contributed by atoms with van der Waals surface area (Å²) in [6.45, 7) is 4.08. The summed E-state index contributed by atoms with van der Waals surface area (Å²) in [6, 6.07) is 49.6. The second-order valence-electron chi connectivity index (χ2n) is 13.1. The summed E-state index contributed by atoms with van der Waals surface area (Å²) >= 11 is 1.87. The van der Waals surface area contributed by atoms with Gasteiger partial charge in [0.05, 0.1) is 35.2 Å². The number of benzene rings is 7. The SMILES string of the molecule is C=N/C=C\C=NCc1ccc2sc3c4ccccc4c4c(c3c2c1)c1c2ccccc2ccc1n4-c1cnc(-c2ccccc2)nc1-c1ccccc1. The predicted molar refractivity (Wildman–Crippen MR) is 226 cm³/mol. The van der Waals surface area contributed by atoms with Crippen LogP contribution in [0.15, 0.2) is 168 Å². The molecule has 0 N–H and O–H groups in total. The zero-order chi connectivity index (χ0) is 35.3. The molecule has 10 rings (SSSR count). The van der Waals surface area contributed by atoms with Crippen molar-refractivity contribution >= 4 is 87.8 Å². The number of aliphatic imine (C=N–C) groups is 2. The normalized spacial score (nSPS) is 12.2. The average molecular weight is 698 g/mol. The minimum absolute atomic E-state index is 0.571. The third-order valence-corrected chi connectivity index (χ3v) is 11.2. The van der Waals surface area contributed by atoms with Crippen molar-refractivity contribution in [1.29, 1.82) is 0 Å². The van der Waals surface area contributed by atoms with Crippen LogP contribution in [-0.2, 0) is 6.54 Å². The van der Waals surface area contributed by atoms with Gasteiger partial charge in [-0.25, -0.2) is 9.97 Å². The van der Waals surface area contributed by atoms with Gasteiger partial charge < -0.3 is 4.57 Å². The lowest BCUT2D eigenvalue weighted by atomic mass is 9.97. The predicted octanol–water partition coefficient (Wildman–Crippen LogP) is 12.4. The summed E-state index contributed by atoms with van der Waals surface area (Å²) in [4.78, 5) is 18.8. The molecular formula is C47H31N5S. The molecule has 10 aromatic rings. The molecule has 0 saturated carbocycles. The van der Waals surface area contributed by atoms with E-state index in [-0.39, 0.29) is 0 Å². The van der Waals surface area contributed by atoms with Crippen LogP contribution in [0.4, 0.5) is 0 Å². The Hall–Kier alpha value is -6.76.